The molecule has 18 heavy (non-hydrogen) atoms. The fourth-order valence-corrected chi connectivity index (χ4v) is 1.61. The fourth-order valence-electron chi connectivity index (χ4n) is 1.61. The van der Waals surface area contributed by atoms with E-state index in [1.807, 2.05) is 6.92 Å². The summed E-state index contributed by atoms with van der Waals surface area (Å²) >= 11 is 0. The van der Waals surface area contributed by atoms with Crippen LogP contribution in [0.25, 0.3) is 0 Å². The number of nitro benzene ring substituents is 1. The van der Waals surface area contributed by atoms with E-state index in [1.54, 1.807) is 18.5 Å². The first kappa shape index (κ1) is 11.9. The third-order valence-electron chi connectivity index (χ3n) is 2.64. The first-order chi connectivity index (χ1) is 8.58. The van der Waals surface area contributed by atoms with Crippen LogP contribution in [0.3, 0.4) is 0 Å². The number of rotatable bonds is 4. The van der Waals surface area contributed by atoms with Crippen molar-refractivity contribution < 1.29 is 4.92 Å². The van der Waals surface area contributed by atoms with Gasteiger partial charge in [-0.15, -0.1) is 0 Å². The number of aromatic nitrogens is 2. The minimum absolute atomic E-state index is 0.00695. The van der Waals surface area contributed by atoms with Gasteiger partial charge in [0.05, 0.1) is 28.5 Å². The van der Waals surface area contributed by atoms with Crippen LogP contribution in [-0.2, 0) is 0 Å². The molecule has 94 valence electrons. The highest BCUT2D eigenvalue weighted by molar-refractivity contribution is 5.69. The Labute approximate surface area is 103 Å². The van der Waals surface area contributed by atoms with Crippen LogP contribution < -0.4 is 11.1 Å². The molecular formula is C11H13N5O2. The lowest BCUT2D eigenvalue weighted by Gasteiger charge is -2.15. The zero-order valence-electron chi connectivity index (χ0n) is 9.75. The zero-order valence-corrected chi connectivity index (χ0v) is 9.75. The zero-order chi connectivity index (χ0) is 13.1. The number of hydrogen-bond acceptors (Lipinski definition) is 5. The smallest absolute Gasteiger partial charge is 0.271 e. The van der Waals surface area contributed by atoms with E-state index in [9.17, 15) is 10.1 Å². The van der Waals surface area contributed by atoms with Crippen LogP contribution in [0.1, 0.15) is 18.5 Å². The van der Waals surface area contributed by atoms with Gasteiger partial charge >= 0.3 is 0 Å². The number of nitrogens with one attached hydrogen (secondary N) is 2. The second-order valence-corrected chi connectivity index (χ2v) is 3.93. The van der Waals surface area contributed by atoms with Crippen molar-refractivity contribution in [1.82, 2.24) is 10.2 Å². The van der Waals surface area contributed by atoms with E-state index in [0.29, 0.717) is 11.4 Å². The minimum Gasteiger partial charge on any atom is -0.397 e. The predicted molar refractivity (Wildman–Crippen MR) is 68.1 cm³/mol. The molecule has 0 fully saturated rings. The lowest BCUT2D eigenvalue weighted by Crippen LogP contribution is -2.07. The normalized spacial score (nSPS) is 12.1. The van der Waals surface area contributed by atoms with Gasteiger partial charge in [0.2, 0.25) is 0 Å². The van der Waals surface area contributed by atoms with E-state index < -0.39 is 4.92 Å². The van der Waals surface area contributed by atoms with E-state index in [1.165, 1.54) is 12.1 Å². The molecule has 1 heterocycles. The molecule has 0 saturated heterocycles. The molecule has 0 saturated carbocycles. The van der Waals surface area contributed by atoms with Gasteiger partial charge in [0, 0.05) is 23.9 Å². The van der Waals surface area contributed by atoms with Crippen LogP contribution in [0.5, 0.6) is 0 Å². The molecule has 2 rings (SSSR count). The Morgan fingerprint density at radius 2 is 2.33 bits per heavy atom. The highest BCUT2D eigenvalue weighted by Crippen LogP contribution is 2.27. The number of nitrogens with zero attached hydrogens (tertiary/aromatic N) is 2. The third-order valence-corrected chi connectivity index (χ3v) is 2.64. The molecule has 1 unspecified atom stereocenters. The summed E-state index contributed by atoms with van der Waals surface area (Å²) in [6.07, 6.45) is 3.48. The van der Waals surface area contributed by atoms with E-state index in [4.69, 9.17) is 5.73 Å². The van der Waals surface area contributed by atoms with Crippen LogP contribution in [0, 0.1) is 10.1 Å². The van der Waals surface area contributed by atoms with Gasteiger partial charge in [0.1, 0.15) is 0 Å². The first-order valence-electron chi connectivity index (χ1n) is 5.37. The van der Waals surface area contributed by atoms with Crippen LogP contribution in [0.4, 0.5) is 17.1 Å². The summed E-state index contributed by atoms with van der Waals surface area (Å²) in [6, 6.07) is 4.36. The second kappa shape index (κ2) is 4.74. The Bertz CT molecular complexity index is 553. The van der Waals surface area contributed by atoms with Crippen LogP contribution in [0.15, 0.2) is 30.6 Å². The number of non-ortho nitro benzene ring substituents is 1. The Morgan fingerprint density at radius 1 is 1.56 bits per heavy atom. The van der Waals surface area contributed by atoms with Crippen molar-refractivity contribution in [3.05, 3.63) is 46.3 Å². The average molecular weight is 247 g/mol. The lowest BCUT2D eigenvalue weighted by atomic mass is 10.1. The lowest BCUT2D eigenvalue weighted by molar-refractivity contribution is -0.384. The second-order valence-electron chi connectivity index (χ2n) is 3.93. The number of nitro groups is 1. The van der Waals surface area contributed by atoms with Crippen LogP contribution >= 0.6 is 0 Å². The molecule has 0 aliphatic carbocycles. The Morgan fingerprint density at radius 3 is 2.89 bits per heavy atom. The topological polar surface area (TPSA) is 110 Å². The van der Waals surface area contributed by atoms with Gasteiger partial charge in [-0.05, 0) is 13.0 Å². The first-order valence-corrected chi connectivity index (χ1v) is 5.37. The molecular weight excluding hydrogens is 234 g/mol. The van der Waals surface area contributed by atoms with Gasteiger partial charge in [0.15, 0.2) is 0 Å². The van der Waals surface area contributed by atoms with E-state index >= 15 is 0 Å². The number of H-pyrrole nitrogens is 1. The predicted octanol–water partition coefficient (Wildman–Crippen LogP) is 2.07. The highest BCUT2D eigenvalue weighted by Gasteiger charge is 2.11. The summed E-state index contributed by atoms with van der Waals surface area (Å²) in [7, 11) is 0. The van der Waals surface area contributed by atoms with Gasteiger partial charge in [-0.25, -0.2) is 0 Å². The maximum absolute atomic E-state index is 10.6. The maximum atomic E-state index is 10.6. The molecule has 0 radical (unpaired) electrons. The van der Waals surface area contributed by atoms with Crippen molar-refractivity contribution in [2.24, 2.45) is 0 Å². The van der Waals surface area contributed by atoms with E-state index in [-0.39, 0.29) is 11.7 Å². The van der Waals surface area contributed by atoms with Crippen molar-refractivity contribution in [3.63, 3.8) is 0 Å². The highest BCUT2D eigenvalue weighted by atomic mass is 16.6. The van der Waals surface area contributed by atoms with Crippen molar-refractivity contribution in [1.29, 1.82) is 0 Å². The van der Waals surface area contributed by atoms with E-state index in [0.717, 1.165) is 5.56 Å². The molecule has 0 aliphatic heterocycles. The summed E-state index contributed by atoms with van der Waals surface area (Å²) in [5, 5.41) is 20.3. The fraction of sp³-hybridized carbons (Fsp3) is 0.182. The third kappa shape index (κ3) is 2.40. The number of nitrogens with two attached hydrogens (primary N) is 1. The number of hydrogen-bond donors (Lipinski definition) is 3. The summed E-state index contributed by atoms with van der Waals surface area (Å²) in [5.74, 6) is 0. The number of aromatic amines is 1. The average Bonchev–Trinajstić information content (AvgIpc) is 2.85. The molecule has 4 N–H and O–H groups in total. The van der Waals surface area contributed by atoms with Gasteiger partial charge < -0.3 is 11.1 Å². The molecule has 7 nitrogen and oxygen atoms in total. The Hall–Kier alpha value is -2.57. The van der Waals surface area contributed by atoms with Crippen molar-refractivity contribution in [2.45, 2.75) is 13.0 Å². The molecule has 1 atom stereocenters. The number of nitrogen functional groups attached to an aromatic ring is 1. The van der Waals surface area contributed by atoms with Gasteiger partial charge in [-0.1, -0.05) is 0 Å². The molecule has 1 aromatic heterocycles. The number of anilines is 2. The quantitative estimate of drug-likeness (QED) is 0.435. The van der Waals surface area contributed by atoms with E-state index in [2.05, 4.69) is 15.5 Å². The maximum Gasteiger partial charge on any atom is 0.271 e. The minimum atomic E-state index is -0.473. The van der Waals surface area contributed by atoms with Crippen molar-refractivity contribution >= 4 is 17.1 Å². The SMILES string of the molecule is CC(Nc1ccc([N+](=O)[O-])cc1N)c1cn[nH]c1. The molecule has 0 amide bonds. The molecule has 1 aromatic carbocycles. The largest absolute Gasteiger partial charge is 0.397 e. The molecule has 7 heteroatoms. The Balaban J connectivity index is 2.17. The van der Waals surface area contributed by atoms with Gasteiger partial charge in [-0.3, -0.25) is 15.2 Å². The molecule has 2 aromatic rings. The van der Waals surface area contributed by atoms with Crippen molar-refractivity contribution in [3.8, 4) is 0 Å². The summed E-state index contributed by atoms with van der Waals surface area (Å²) in [6.45, 7) is 1.95. The summed E-state index contributed by atoms with van der Waals surface area (Å²) < 4.78 is 0. The summed E-state index contributed by atoms with van der Waals surface area (Å²) in [4.78, 5) is 10.1. The summed E-state index contributed by atoms with van der Waals surface area (Å²) in [5.41, 5.74) is 7.74. The van der Waals surface area contributed by atoms with Crippen molar-refractivity contribution in [2.75, 3.05) is 11.1 Å². The van der Waals surface area contributed by atoms with Crippen LogP contribution in [-0.4, -0.2) is 15.1 Å². The van der Waals surface area contributed by atoms with Crippen LogP contribution in [0.2, 0.25) is 0 Å². The van der Waals surface area contributed by atoms with Gasteiger partial charge in [-0.2, -0.15) is 5.10 Å². The monoisotopic (exact) mass is 247 g/mol. The van der Waals surface area contributed by atoms with Gasteiger partial charge in [0.25, 0.3) is 5.69 Å². The molecule has 0 bridgehead atoms. The Kier molecular flexibility index (Phi) is 3.13. The standard InChI is InChI=1S/C11H13N5O2/c1-7(8-5-13-14-6-8)15-11-3-2-9(16(17)18)4-10(11)12/h2-7,15H,12H2,1H3,(H,13,14). The molecule has 0 spiro atoms. The number of benzene rings is 1. The molecule has 0 aliphatic rings.